The molecule has 0 saturated heterocycles. The van der Waals surface area contributed by atoms with Gasteiger partial charge in [-0.3, -0.25) is 23.9 Å². The van der Waals surface area contributed by atoms with Gasteiger partial charge in [0.1, 0.15) is 0 Å². The maximum Gasteiger partial charge on any atom is 0.333 e. The fourth-order valence-electron chi connectivity index (χ4n) is 4.29. The van der Waals surface area contributed by atoms with E-state index in [1.54, 1.807) is 28.6 Å². The molecule has 0 unspecified atom stereocenters. The Hall–Kier alpha value is -5.28. The second-order valence-electron chi connectivity index (χ2n) is 9.19. The first-order valence-corrected chi connectivity index (χ1v) is 11.8. The molecule has 0 radical (unpaired) electrons. The summed E-state index contributed by atoms with van der Waals surface area (Å²) in [5.41, 5.74) is 9.83. The normalized spacial score (nSPS) is 10.9. The average Bonchev–Trinajstić information content (AvgIpc) is 3.19. The van der Waals surface area contributed by atoms with Gasteiger partial charge in [-0.1, -0.05) is 24.3 Å². The fraction of sp³-hybridized carbons (Fsp3) is 0.172. The van der Waals surface area contributed by atoms with Crippen LogP contribution in [0.5, 0.6) is 0 Å². The third-order valence-corrected chi connectivity index (χ3v) is 6.43. The van der Waals surface area contributed by atoms with E-state index >= 15 is 0 Å². The van der Waals surface area contributed by atoms with Crippen molar-refractivity contribution in [2.75, 3.05) is 0 Å². The van der Waals surface area contributed by atoms with Gasteiger partial charge in [0.25, 0.3) is 0 Å². The number of carbonyl (C=O) groups is 1. The zero-order chi connectivity index (χ0) is 27.4. The van der Waals surface area contributed by atoms with E-state index in [1.807, 2.05) is 68.4 Å². The number of fused-ring (bicyclic) bond motifs is 3. The van der Waals surface area contributed by atoms with E-state index in [9.17, 15) is 10.1 Å². The zero-order valence-corrected chi connectivity index (χ0v) is 21.2. The lowest BCUT2D eigenvalue weighted by Gasteiger charge is -2.16. The number of primary amides is 1. The molecular weight excluding hydrogens is 478 g/mol. The van der Waals surface area contributed by atoms with E-state index < -0.39 is 5.41 Å². The van der Waals surface area contributed by atoms with Gasteiger partial charge in [-0.15, -0.1) is 0 Å². The number of imidazole rings is 1. The van der Waals surface area contributed by atoms with Gasteiger partial charge < -0.3 is 5.73 Å². The Morgan fingerprint density at radius 2 is 1.68 bits per heavy atom. The van der Waals surface area contributed by atoms with Crippen molar-refractivity contribution in [1.29, 1.82) is 10.5 Å². The predicted octanol–water partition coefficient (Wildman–Crippen LogP) is 3.91. The predicted molar refractivity (Wildman–Crippen MR) is 145 cm³/mol. The SMILES string of the molecule is Cn1c(=O)n(-c2ccc(C(C)(C)C#N)cc2)c2c3cc(-c4ccc(CC#N)nc4)ccc3ncc21.NC=O. The number of nitriles is 2. The summed E-state index contributed by atoms with van der Waals surface area (Å²) in [5.74, 6) is 0. The Labute approximate surface area is 219 Å². The van der Waals surface area contributed by atoms with Gasteiger partial charge in [0.2, 0.25) is 6.41 Å². The third-order valence-electron chi connectivity index (χ3n) is 6.43. The molecule has 3 aromatic heterocycles. The minimum Gasteiger partial charge on any atom is -0.372 e. The maximum atomic E-state index is 13.3. The molecule has 5 aromatic rings. The Kier molecular flexibility index (Phi) is 7.04. The second kappa shape index (κ2) is 10.4. The number of pyridine rings is 2. The molecule has 3 heterocycles. The van der Waals surface area contributed by atoms with Crippen LogP contribution < -0.4 is 11.4 Å². The number of amides is 1. The summed E-state index contributed by atoms with van der Waals surface area (Å²) in [5, 5.41) is 19.2. The smallest absolute Gasteiger partial charge is 0.333 e. The molecule has 9 nitrogen and oxygen atoms in total. The summed E-state index contributed by atoms with van der Waals surface area (Å²) in [4.78, 5) is 30.9. The molecule has 1 amide bonds. The van der Waals surface area contributed by atoms with Gasteiger partial charge in [-0.2, -0.15) is 10.5 Å². The molecular formula is C29H25N7O2. The van der Waals surface area contributed by atoms with Crippen molar-refractivity contribution in [3.8, 4) is 29.0 Å². The molecule has 0 spiro atoms. The summed E-state index contributed by atoms with van der Waals surface area (Å²) >= 11 is 0. The number of hydrogen-bond acceptors (Lipinski definition) is 6. The highest BCUT2D eigenvalue weighted by Gasteiger charge is 2.21. The van der Waals surface area contributed by atoms with E-state index in [4.69, 9.17) is 10.1 Å². The summed E-state index contributed by atoms with van der Waals surface area (Å²) < 4.78 is 3.29. The van der Waals surface area contributed by atoms with Crippen molar-refractivity contribution < 1.29 is 4.79 Å². The zero-order valence-electron chi connectivity index (χ0n) is 21.2. The van der Waals surface area contributed by atoms with Crippen LogP contribution in [0.2, 0.25) is 0 Å². The molecule has 0 atom stereocenters. The number of carbonyl (C=O) groups excluding carboxylic acids is 1. The molecule has 0 aliphatic carbocycles. The average molecular weight is 504 g/mol. The van der Waals surface area contributed by atoms with Gasteiger partial charge in [0.15, 0.2) is 0 Å². The van der Waals surface area contributed by atoms with Crippen LogP contribution in [0.3, 0.4) is 0 Å². The van der Waals surface area contributed by atoms with Crippen molar-refractivity contribution in [3.05, 3.63) is 88.7 Å². The van der Waals surface area contributed by atoms with Crippen molar-refractivity contribution in [2.24, 2.45) is 12.8 Å². The van der Waals surface area contributed by atoms with Crippen LogP contribution in [0.15, 0.2) is 71.8 Å². The van der Waals surface area contributed by atoms with Crippen molar-refractivity contribution in [2.45, 2.75) is 25.7 Å². The van der Waals surface area contributed by atoms with Crippen LogP contribution in [0.25, 0.3) is 38.8 Å². The van der Waals surface area contributed by atoms with E-state index in [2.05, 4.69) is 27.8 Å². The van der Waals surface area contributed by atoms with Crippen LogP contribution in [0, 0.1) is 22.7 Å². The number of benzene rings is 2. The molecule has 0 aliphatic heterocycles. The molecule has 5 rings (SSSR count). The first-order valence-electron chi connectivity index (χ1n) is 11.8. The van der Waals surface area contributed by atoms with Crippen LogP contribution >= 0.6 is 0 Å². The van der Waals surface area contributed by atoms with Crippen LogP contribution in [0.4, 0.5) is 0 Å². The van der Waals surface area contributed by atoms with Crippen molar-refractivity contribution >= 4 is 28.3 Å². The lowest BCUT2D eigenvalue weighted by molar-refractivity contribution is -0.106. The van der Waals surface area contributed by atoms with E-state index in [-0.39, 0.29) is 18.5 Å². The standard InChI is InChI=1S/C28H22N6O.CH3NO/c1-28(2,17-30)20-6-9-22(10-7-20)34-26-23-14-18(19-4-8-21(12-13-29)31-15-19)5-11-24(23)32-16-25(26)33(3)27(34)35;2-1-3/h4-11,14-16H,12H2,1-3H3;1H,(H2,2,3). The highest BCUT2D eigenvalue weighted by Crippen LogP contribution is 2.30. The number of aryl methyl sites for hydroxylation is 1. The fourth-order valence-corrected chi connectivity index (χ4v) is 4.29. The Bertz CT molecular complexity index is 1780. The van der Waals surface area contributed by atoms with Crippen molar-refractivity contribution in [3.63, 3.8) is 0 Å². The van der Waals surface area contributed by atoms with Crippen LogP contribution in [-0.4, -0.2) is 25.5 Å². The first kappa shape index (κ1) is 25.8. The lowest BCUT2D eigenvalue weighted by atomic mass is 9.86. The molecule has 0 aliphatic rings. The topological polar surface area (TPSA) is 143 Å². The minimum absolute atomic E-state index is 0.172. The summed E-state index contributed by atoms with van der Waals surface area (Å²) in [6.07, 6.45) is 4.00. The number of hydrogen-bond donors (Lipinski definition) is 1. The highest BCUT2D eigenvalue weighted by atomic mass is 16.1. The summed E-state index contributed by atoms with van der Waals surface area (Å²) in [6, 6.07) is 21.7. The van der Waals surface area contributed by atoms with Crippen LogP contribution in [0.1, 0.15) is 25.1 Å². The monoisotopic (exact) mass is 503 g/mol. The second-order valence-corrected chi connectivity index (χ2v) is 9.19. The molecule has 38 heavy (non-hydrogen) atoms. The molecule has 0 bridgehead atoms. The third kappa shape index (κ3) is 4.61. The molecule has 188 valence electrons. The van der Waals surface area contributed by atoms with Crippen molar-refractivity contribution in [1.82, 2.24) is 19.1 Å². The minimum atomic E-state index is -0.620. The molecule has 2 aromatic carbocycles. The Morgan fingerprint density at radius 1 is 1.00 bits per heavy atom. The van der Waals surface area contributed by atoms with Gasteiger partial charge in [0, 0.05) is 24.2 Å². The maximum absolute atomic E-state index is 13.3. The van der Waals surface area contributed by atoms with E-state index in [0.717, 1.165) is 50.0 Å². The summed E-state index contributed by atoms with van der Waals surface area (Å²) in [7, 11) is 1.74. The van der Waals surface area contributed by atoms with E-state index in [0.29, 0.717) is 0 Å². The number of rotatable bonds is 4. The molecule has 2 N–H and O–H groups in total. The quantitative estimate of drug-likeness (QED) is 0.368. The highest BCUT2D eigenvalue weighted by molar-refractivity contribution is 6.04. The van der Waals surface area contributed by atoms with Gasteiger partial charge in [-0.05, 0) is 55.3 Å². The first-order chi connectivity index (χ1) is 18.2. The van der Waals surface area contributed by atoms with Crippen LogP contribution in [-0.2, 0) is 23.7 Å². The van der Waals surface area contributed by atoms with Gasteiger partial charge in [0.05, 0.1) is 58.1 Å². The number of nitrogens with two attached hydrogens (primary N) is 1. The number of nitrogens with zero attached hydrogens (tertiary/aromatic N) is 6. The molecule has 0 fully saturated rings. The largest absolute Gasteiger partial charge is 0.372 e. The number of aromatic nitrogens is 4. The molecule has 0 saturated carbocycles. The van der Waals surface area contributed by atoms with Gasteiger partial charge in [-0.25, -0.2) is 4.79 Å². The molecule has 9 heteroatoms. The lowest BCUT2D eigenvalue weighted by Crippen LogP contribution is -2.21. The van der Waals surface area contributed by atoms with Gasteiger partial charge >= 0.3 is 5.69 Å². The summed E-state index contributed by atoms with van der Waals surface area (Å²) in [6.45, 7) is 3.74. The Morgan fingerprint density at radius 3 is 2.29 bits per heavy atom. The Balaban J connectivity index is 0.00000107. The van der Waals surface area contributed by atoms with E-state index in [1.165, 1.54) is 0 Å².